The SMILES string of the molecule is C=CCC1CC([Si](c2ccccc2)(c2ccccc2)C2CC(CC=C)C3C=CC=CC32)C2C=CC=CC12. The molecule has 1 heteroatoms. The lowest BCUT2D eigenvalue weighted by atomic mass is 9.84. The third-order valence-electron chi connectivity index (χ3n) is 10.2. The van der Waals surface area contributed by atoms with Crippen LogP contribution in [0.3, 0.4) is 0 Å². The van der Waals surface area contributed by atoms with Crippen molar-refractivity contribution in [3.05, 3.63) is 135 Å². The average molecular weight is 501 g/mol. The van der Waals surface area contributed by atoms with E-state index in [0.717, 1.165) is 12.8 Å². The van der Waals surface area contributed by atoms with Gasteiger partial charge in [0.2, 0.25) is 0 Å². The van der Waals surface area contributed by atoms with Crippen LogP contribution in [0.25, 0.3) is 0 Å². The summed E-state index contributed by atoms with van der Waals surface area (Å²) in [6, 6.07) is 23.6. The van der Waals surface area contributed by atoms with E-state index in [0.29, 0.717) is 46.6 Å². The normalized spacial score (nSPS) is 33.7. The molecule has 6 rings (SSSR count). The number of rotatable bonds is 8. The molecule has 0 bridgehead atoms. The monoisotopic (exact) mass is 500 g/mol. The molecule has 0 radical (unpaired) electrons. The second-order valence-corrected chi connectivity index (χ2v) is 16.1. The Balaban J connectivity index is 1.60. The standard InChI is InChI=1S/C36H40Si/c1-3-15-27-25-35(33-23-13-11-21-31(27)33)37(29-17-7-5-8-18-29,30-19-9-6-10-20-30)36-26-28(16-4-2)32-22-12-14-24-34(32)36/h3-14,17-24,27-28,31-36H,1-2,15-16,25-26H2. The zero-order chi connectivity index (χ0) is 25.2. The van der Waals surface area contributed by atoms with Crippen molar-refractivity contribution in [2.45, 2.75) is 36.8 Å². The van der Waals surface area contributed by atoms with E-state index in [-0.39, 0.29) is 0 Å². The first kappa shape index (κ1) is 24.4. The fourth-order valence-corrected chi connectivity index (χ4v) is 16.3. The second kappa shape index (κ2) is 10.5. The van der Waals surface area contributed by atoms with Crippen molar-refractivity contribution >= 4 is 18.4 Å². The molecule has 0 aromatic heterocycles. The summed E-state index contributed by atoms with van der Waals surface area (Å²) in [5, 5.41) is 3.27. The third kappa shape index (κ3) is 4.03. The summed E-state index contributed by atoms with van der Waals surface area (Å²) in [4.78, 5) is 0. The number of allylic oxidation sites excluding steroid dienone is 10. The van der Waals surface area contributed by atoms with Gasteiger partial charge in [-0.25, -0.2) is 0 Å². The van der Waals surface area contributed by atoms with Gasteiger partial charge in [0.15, 0.2) is 0 Å². The summed E-state index contributed by atoms with van der Waals surface area (Å²) >= 11 is 0. The van der Waals surface area contributed by atoms with Crippen LogP contribution in [-0.2, 0) is 0 Å². The molecule has 0 saturated heterocycles. The van der Waals surface area contributed by atoms with Crippen LogP contribution in [0.2, 0.25) is 11.1 Å². The van der Waals surface area contributed by atoms with Crippen molar-refractivity contribution in [1.29, 1.82) is 0 Å². The van der Waals surface area contributed by atoms with E-state index in [9.17, 15) is 0 Å². The van der Waals surface area contributed by atoms with Gasteiger partial charge < -0.3 is 0 Å². The molecule has 0 heterocycles. The molecule has 2 saturated carbocycles. The lowest BCUT2D eigenvalue weighted by Gasteiger charge is -2.48. The van der Waals surface area contributed by atoms with Gasteiger partial charge in [0.25, 0.3) is 0 Å². The predicted octanol–water partition coefficient (Wildman–Crippen LogP) is 7.90. The van der Waals surface area contributed by atoms with E-state index in [1.54, 1.807) is 10.4 Å². The van der Waals surface area contributed by atoms with Crippen LogP contribution in [0.4, 0.5) is 0 Å². The van der Waals surface area contributed by atoms with Crippen molar-refractivity contribution in [3.8, 4) is 0 Å². The lowest BCUT2D eigenvalue weighted by Crippen LogP contribution is -2.66. The fourth-order valence-electron chi connectivity index (χ4n) is 8.95. The molecular weight excluding hydrogens is 460 g/mol. The quantitative estimate of drug-likeness (QED) is 0.255. The van der Waals surface area contributed by atoms with Gasteiger partial charge in [0.1, 0.15) is 8.07 Å². The molecule has 4 aliphatic carbocycles. The van der Waals surface area contributed by atoms with Crippen LogP contribution < -0.4 is 10.4 Å². The van der Waals surface area contributed by atoms with Crippen LogP contribution in [0, 0.1) is 35.5 Å². The maximum Gasteiger partial charge on any atom is 0.125 e. The summed E-state index contributed by atoms with van der Waals surface area (Å²) in [7, 11) is -2.28. The van der Waals surface area contributed by atoms with E-state index in [4.69, 9.17) is 0 Å². The van der Waals surface area contributed by atoms with Crippen LogP contribution in [0.5, 0.6) is 0 Å². The predicted molar refractivity (Wildman–Crippen MR) is 162 cm³/mol. The summed E-state index contributed by atoms with van der Waals surface area (Å²) in [6.07, 6.45) is 28.6. The maximum atomic E-state index is 4.17. The molecular formula is C36H40Si. The van der Waals surface area contributed by atoms with Crippen molar-refractivity contribution in [2.75, 3.05) is 0 Å². The van der Waals surface area contributed by atoms with E-state index >= 15 is 0 Å². The topological polar surface area (TPSA) is 0 Å². The first-order valence-corrected chi connectivity index (χ1v) is 16.5. The molecule has 2 aromatic rings. The highest BCUT2D eigenvalue weighted by Crippen LogP contribution is 2.61. The summed E-state index contributed by atoms with van der Waals surface area (Å²) in [6.45, 7) is 8.34. The molecule has 0 aliphatic heterocycles. The minimum absolute atomic E-state index is 0.599. The van der Waals surface area contributed by atoms with Crippen molar-refractivity contribution in [1.82, 2.24) is 0 Å². The summed E-state index contributed by atoms with van der Waals surface area (Å²) in [5.74, 6) is 3.79. The maximum absolute atomic E-state index is 4.17. The minimum atomic E-state index is -2.28. The van der Waals surface area contributed by atoms with Crippen LogP contribution in [0.15, 0.2) is 135 Å². The molecule has 188 valence electrons. The zero-order valence-corrected chi connectivity index (χ0v) is 22.9. The number of fused-ring (bicyclic) bond motifs is 2. The van der Waals surface area contributed by atoms with Gasteiger partial charge in [-0.15, -0.1) is 13.2 Å². The lowest BCUT2D eigenvalue weighted by molar-refractivity contribution is 0.421. The van der Waals surface area contributed by atoms with E-state index < -0.39 is 8.07 Å². The fraction of sp³-hybridized carbons (Fsp3) is 0.333. The van der Waals surface area contributed by atoms with Gasteiger partial charge in [-0.3, -0.25) is 0 Å². The Morgan fingerprint density at radius 2 is 0.946 bits per heavy atom. The van der Waals surface area contributed by atoms with Crippen molar-refractivity contribution in [2.24, 2.45) is 35.5 Å². The number of benzene rings is 2. The molecule has 8 atom stereocenters. The molecule has 2 aromatic carbocycles. The average Bonchev–Trinajstić information content (AvgIpc) is 3.51. The summed E-state index contributed by atoms with van der Waals surface area (Å²) in [5.41, 5.74) is 1.33. The van der Waals surface area contributed by atoms with Crippen molar-refractivity contribution in [3.63, 3.8) is 0 Å². The molecule has 37 heavy (non-hydrogen) atoms. The van der Waals surface area contributed by atoms with Crippen LogP contribution in [0.1, 0.15) is 25.7 Å². The first-order valence-electron chi connectivity index (χ1n) is 14.3. The highest BCUT2D eigenvalue weighted by atomic mass is 28.3. The van der Waals surface area contributed by atoms with Gasteiger partial charge in [-0.05, 0) is 72.3 Å². The van der Waals surface area contributed by atoms with Crippen LogP contribution >= 0.6 is 0 Å². The Kier molecular flexibility index (Phi) is 6.91. The van der Waals surface area contributed by atoms with Gasteiger partial charge in [-0.1, -0.05) is 132 Å². The number of hydrogen-bond acceptors (Lipinski definition) is 0. The van der Waals surface area contributed by atoms with E-state index in [2.05, 4.69) is 135 Å². The van der Waals surface area contributed by atoms with E-state index in [1.807, 2.05) is 0 Å². The molecule has 0 nitrogen and oxygen atoms in total. The molecule has 4 aliphatic rings. The third-order valence-corrected chi connectivity index (χ3v) is 16.3. The zero-order valence-electron chi connectivity index (χ0n) is 21.9. The van der Waals surface area contributed by atoms with Crippen molar-refractivity contribution < 1.29 is 0 Å². The van der Waals surface area contributed by atoms with Gasteiger partial charge in [0, 0.05) is 0 Å². The second-order valence-electron chi connectivity index (χ2n) is 11.7. The Hall–Kier alpha value is -2.90. The minimum Gasteiger partial charge on any atom is -0.103 e. The molecule has 0 spiro atoms. The van der Waals surface area contributed by atoms with E-state index in [1.165, 1.54) is 12.8 Å². The Morgan fingerprint density at radius 1 is 0.568 bits per heavy atom. The largest absolute Gasteiger partial charge is 0.125 e. The Labute approximate surface area is 224 Å². The highest BCUT2D eigenvalue weighted by Gasteiger charge is 2.61. The van der Waals surface area contributed by atoms with Gasteiger partial charge in [-0.2, -0.15) is 0 Å². The van der Waals surface area contributed by atoms with Gasteiger partial charge >= 0.3 is 0 Å². The molecule has 8 unspecified atom stereocenters. The summed E-state index contributed by atoms with van der Waals surface area (Å²) < 4.78 is 0. The highest BCUT2D eigenvalue weighted by molar-refractivity contribution is 7.04. The van der Waals surface area contributed by atoms with Gasteiger partial charge in [0.05, 0.1) is 0 Å². The molecule has 0 N–H and O–H groups in total. The Morgan fingerprint density at radius 3 is 1.32 bits per heavy atom. The first-order chi connectivity index (χ1) is 18.3. The molecule has 0 amide bonds. The Bertz CT molecular complexity index is 1120. The van der Waals surface area contributed by atoms with Crippen LogP contribution in [-0.4, -0.2) is 8.07 Å². The molecule has 2 fully saturated rings. The smallest absolute Gasteiger partial charge is 0.103 e. The number of hydrogen-bond donors (Lipinski definition) is 0.